The molecule has 0 unspecified atom stereocenters. The Morgan fingerprint density at radius 3 is 2.46 bits per heavy atom. The average Bonchev–Trinajstić information content (AvgIpc) is 3.23. The number of sulfonamides is 1. The van der Waals surface area contributed by atoms with Crippen molar-refractivity contribution in [3.8, 4) is 22.8 Å². The molecular formula is C29H24N2O4S2. The quantitative estimate of drug-likeness (QED) is 0.284. The summed E-state index contributed by atoms with van der Waals surface area (Å²) in [6.45, 7) is 1.02. The van der Waals surface area contributed by atoms with Crippen LogP contribution in [0.15, 0.2) is 102 Å². The number of hydrogen-bond donors (Lipinski definition) is 1. The summed E-state index contributed by atoms with van der Waals surface area (Å²) in [6, 6.07) is 27.8. The van der Waals surface area contributed by atoms with Crippen LogP contribution >= 0.6 is 11.3 Å². The second-order valence-corrected chi connectivity index (χ2v) is 11.5. The van der Waals surface area contributed by atoms with Gasteiger partial charge in [0.1, 0.15) is 0 Å². The van der Waals surface area contributed by atoms with Gasteiger partial charge in [0.05, 0.1) is 29.8 Å². The van der Waals surface area contributed by atoms with Gasteiger partial charge in [-0.15, -0.1) is 11.3 Å². The molecule has 6 nitrogen and oxygen atoms in total. The first kappa shape index (κ1) is 23.7. The van der Waals surface area contributed by atoms with Crippen LogP contribution in [0.25, 0.3) is 21.3 Å². The average molecular weight is 529 g/mol. The number of thiophene rings is 1. The Morgan fingerprint density at radius 2 is 1.65 bits per heavy atom. The lowest BCUT2D eigenvalue weighted by Gasteiger charge is -2.19. The van der Waals surface area contributed by atoms with Crippen molar-refractivity contribution in [1.29, 1.82) is 0 Å². The third-order valence-corrected chi connectivity index (χ3v) is 8.89. The lowest BCUT2D eigenvalue weighted by atomic mass is 10.1. The minimum atomic E-state index is -3.89. The van der Waals surface area contributed by atoms with Gasteiger partial charge in [-0.2, -0.15) is 4.72 Å². The van der Waals surface area contributed by atoms with Gasteiger partial charge in [-0.3, -0.25) is 4.98 Å². The zero-order valence-corrected chi connectivity index (χ0v) is 21.5. The van der Waals surface area contributed by atoms with E-state index < -0.39 is 16.1 Å². The summed E-state index contributed by atoms with van der Waals surface area (Å²) in [5, 5.41) is 1.04. The van der Waals surface area contributed by atoms with Crippen LogP contribution in [0.3, 0.4) is 0 Å². The van der Waals surface area contributed by atoms with E-state index in [2.05, 4.69) is 15.8 Å². The van der Waals surface area contributed by atoms with Crippen molar-refractivity contribution in [2.45, 2.75) is 17.4 Å². The van der Waals surface area contributed by atoms with Gasteiger partial charge in [0, 0.05) is 33.8 Å². The zero-order valence-electron chi connectivity index (χ0n) is 19.8. The van der Waals surface area contributed by atoms with Crippen LogP contribution in [0.5, 0.6) is 11.5 Å². The molecule has 8 heteroatoms. The molecule has 1 atom stereocenters. The highest BCUT2D eigenvalue weighted by atomic mass is 32.2. The summed E-state index contributed by atoms with van der Waals surface area (Å²) in [4.78, 5) is 5.55. The molecule has 1 N–H and O–H groups in total. The molecule has 1 aliphatic rings. The Bertz CT molecular complexity index is 1650. The number of rotatable bonds is 6. The van der Waals surface area contributed by atoms with Gasteiger partial charge in [-0.25, -0.2) is 8.42 Å². The topological polar surface area (TPSA) is 77.5 Å². The highest BCUT2D eigenvalue weighted by molar-refractivity contribution is 7.89. The maximum absolute atomic E-state index is 13.7. The second kappa shape index (κ2) is 9.97. The van der Waals surface area contributed by atoms with Gasteiger partial charge in [0.25, 0.3) is 0 Å². The van der Waals surface area contributed by atoms with Gasteiger partial charge in [-0.1, -0.05) is 54.6 Å². The van der Waals surface area contributed by atoms with Crippen LogP contribution in [-0.4, -0.2) is 26.6 Å². The van der Waals surface area contributed by atoms with Crippen molar-refractivity contribution in [2.75, 3.05) is 13.2 Å². The number of nitrogens with zero attached hydrogens (tertiary/aromatic N) is 1. The molecule has 0 saturated heterocycles. The van der Waals surface area contributed by atoms with Crippen molar-refractivity contribution < 1.29 is 17.9 Å². The smallest absolute Gasteiger partial charge is 0.241 e. The van der Waals surface area contributed by atoms with E-state index in [1.165, 1.54) is 6.07 Å². The largest absolute Gasteiger partial charge is 0.490 e. The number of ether oxygens (including phenoxy) is 2. The van der Waals surface area contributed by atoms with E-state index in [1.54, 1.807) is 29.7 Å². The normalized spacial score (nSPS) is 14.3. The maximum atomic E-state index is 13.7. The minimum absolute atomic E-state index is 0.132. The standard InChI is InChI=1S/C29H24N2O4S2/c32-37(33,22-13-14-25-26(19-22)35-17-7-16-34-25)31-28(20-8-2-1-3-9-20)27-18-21-10-6-11-23(29(21)36-27)24-12-4-5-15-30-24/h1-6,8-15,18-19,28,31H,7,16-17H2/t28-/m1/s1. The van der Waals surface area contributed by atoms with Crippen molar-refractivity contribution in [2.24, 2.45) is 0 Å². The van der Waals surface area contributed by atoms with Gasteiger partial charge in [0.2, 0.25) is 10.0 Å². The lowest BCUT2D eigenvalue weighted by Crippen LogP contribution is -2.29. The van der Waals surface area contributed by atoms with E-state index in [9.17, 15) is 8.42 Å². The maximum Gasteiger partial charge on any atom is 0.241 e. The molecule has 0 bridgehead atoms. The van der Waals surface area contributed by atoms with Crippen LogP contribution < -0.4 is 14.2 Å². The Hall–Kier alpha value is -3.72. The predicted molar refractivity (Wildman–Crippen MR) is 146 cm³/mol. The number of benzene rings is 3. The first-order chi connectivity index (χ1) is 18.1. The van der Waals surface area contributed by atoms with Gasteiger partial charge in [0.15, 0.2) is 11.5 Å². The number of fused-ring (bicyclic) bond motifs is 2. The molecule has 0 spiro atoms. The van der Waals surface area contributed by atoms with Crippen LogP contribution in [0.4, 0.5) is 0 Å². The summed E-state index contributed by atoms with van der Waals surface area (Å²) in [5.41, 5.74) is 2.75. The van der Waals surface area contributed by atoms with Gasteiger partial charge >= 0.3 is 0 Å². The monoisotopic (exact) mass is 528 g/mol. The SMILES string of the molecule is O=S(=O)(N[C@H](c1ccccc1)c1cc2cccc(-c3ccccn3)c2s1)c1ccc2c(c1)OCCCO2. The van der Waals surface area contributed by atoms with E-state index in [-0.39, 0.29) is 4.90 Å². The van der Waals surface area contributed by atoms with E-state index in [0.717, 1.165) is 38.2 Å². The molecule has 6 rings (SSSR count). The molecule has 2 aromatic heterocycles. The molecule has 3 heterocycles. The molecule has 3 aromatic carbocycles. The molecule has 5 aromatic rings. The number of hydrogen-bond acceptors (Lipinski definition) is 6. The Morgan fingerprint density at radius 1 is 0.838 bits per heavy atom. The zero-order chi connectivity index (χ0) is 25.2. The molecular weight excluding hydrogens is 504 g/mol. The van der Waals surface area contributed by atoms with E-state index >= 15 is 0 Å². The second-order valence-electron chi connectivity index (χ2n) is 8.71. The number of pyridine rings is 1. The van der Waals surface area contributed by atoms with Crippen LogP contribution in [0.1, 0.15) is 22.9 Å². The summed E-state index contributed by atoms with van der Waals surface area (Å²) >= 11 is 1.57. The Labute approximate surface area is 219 Å². The highest BCUT2D eigenvalue weighted by Gasteiger charge is 2.26. The van der Waals surface area contributed by atoms with E-state index in [1.807, 2.05) is 66.7 Å². The number of nitrogens with one attached hydrogen (secondary N) is 1. The predicted octanol–water partition coefficient (Wildman–Crippen LogP) is 6.19. The highest BCUT2D eigenvalue weighted by Crippen LogP contribution is 2.39. The number of aromatic nitrogens is 1. The minimum Gasteiger partial charge on any atom is -0.490 e. The van der Waals surface area contributed by atoms with Crippen molar-refractivity contribution >= 4 is 31.4 Å². The summed E-state index contributed by atoms with van der Waals surface area (Å²) in [6.07, 6.45) is 2.52. The molecule has 0 saturated carbocycles. The first-order valence-electron chi connectivity index (χ1n) is 12.0. The molecule has 186 valence electrons. The van der Waals surface area contributed by atoms with Crippen LogP contribution in [-0.2, 0) is 10.0 Å². The lowest BCUT2D eigenvalue weighted by molar-refractivity contribution is 0.297. The van der Waals surface area contributed by atoms with Gasteiger partial charge in [-0.05, 0) is 41.3 Å². The molecule has 0 aliphatic carbocycles. The molecule has 0 amide bonds. The Balaban J connectivity index is 1.42. The fraction of sp³-hybridized carbons (Fsp3) is 0.138. The van der Waals surface area contributed by atoms with E-state index in [0.29, 0.717) is 24.7 Å². The van der Waals surface area contributed by atoms with Crippen LogP contribution in [0, 0.1) is 0 Å². The van der Waals surface area contributed by atoms with Gasteiger partial charge < -0.3 is 9.47 Å². The van der Waals surface area contributed by atoms with E-state index in [4.69, 9.17) is 9.47 Å². The fourth-order valence-electron chi connectivity index (χ4n) is 4.42. The summed E-state index contributed by atoms with van der Waals surface area (Å²) in [5.74, 6) is 1.00. The summed E-state index contributed by atoms with van der Waals surface area (Å²) < 4.78 is 42.7. The molecule has 1 aliphatic heterocycles. The fourth-order valence-corrected chi connectivity index (χ4v) is 6.97. The Kier molecular flexibility index (Phi) is 6.38. The molecule has 37 heavy (non-hydrogen) atoms. The molecule has 0 radical (unpaired) electrons. The molecule has 0 fully saturated rings. The third-order valence-electron chi connectivity index (χ3n) is 6.22. The summed E-state index contributed by atoms with van der Waals surface area (Å²) in [7, 11) is -3.89. The first-order valence-corrected chi connectivity index (χ1v) is 14.3. The third kappa shape index (κ3) is 4.83. The van der Waals surface area contributed by atoms with Crippen molar-refractivity contribution in [3.63, 3.8) is 0 Å². The van der Waals surface area contributed by atoms with Crippen molar-refractivity contribution in [1.82, 2.24) is 9.71 Å². The van der Waals surface area contributed by atoms with Crippen molar-refractivity contribution in [3.05, 3.63) is 108 Å². The van der Waals surface area contributed by atoms with Crippen LogP contribution in [0.2, 0.25) is 0 Å².